The summed E-state index contributed by atoms with van der Waals surface area (Å²) in [5, 5.41) is 5.54. The maximum Gasteiger partial charge on any atom is 0.319 e. The van der Waals surface area contributed by atoms with E-state index in [9.17, 15) is 9.59 Å². The summed E-state index contributed by atoms with van der Waals surface area (Å²) in [6.45, 7) is 4.89. The molecule has 0 spiro atoms. The Hall–Kier alpha value is -1.92. The predicted molar refractivity (Wildman–Crippen MR) is 78.6 cm³/mol. The number of rotatable bonds is 5. The number of ketones is 1. The first kappa shape index (κ1) is 15.5. The van der Waals surface area contributed by atoms with Gasteiger partial charge < -0.3 is 20.1 Å². The molecule has 0 radical (unpaired) electrons. The fourth-order valence-corrected chi connectivity index (χ4v) is 2.20. The lowest BCUT2D eigenvalue weighted by molar-refractivity contribution is 0.0428. The van der Waals surface area contributed by atoms with Gasteiger partial charge in [-0.3, -0.25) is 4.79 Å². The summed E-state index contributed by atoms with van der Waals surface area (Å²) < 4.78 is 10.8. The highest BCUT2D eigenvalue weighted by Gasteiger charge is 2.29. The molecule has 1 aromatic carbocycles. The maximum atomic E-state index is 12.0. The summed E-state index contributed by atoms with van der Waals surface area (Å²) in [5.41, 5.74) is 1.14. The van der Waals surface area contributed by atoms with E-state index in [0.29, 0.717) is 31.1 Å². The fraction of sp³-hybridized carbons (Fsp3) is 0.467. The largest absolute Gasteiger partial charge is 0.376 e. The normalized spacial score (nSPS) is 21.0. The van der Waals surface area contributed by atoms with Gasteiger partial charge in [0.25, 0.3) is 0 Å². The minimum atomic E-state index is -0.337. The number of carbonyl (C=O) groups excluding carboxylic acids is 2. The summed E-state index contributed by atoms with van der Waals surface area (Å²) >= 11 is 0. The van der Waals surface area contributed by atoms with Crippen molar-refractivity contribution >= 4 is 17.5 Å². The second-order valence-corrected chi connectivity index (χ2v) is 4.87. The van der Waals surface area contributed by atoms with Gasteiger partial charge in [-0.05, 0) is 26.0 Å². The summed E-state index contributed by atoms with van der Waals surface area (Å²) in [4.78, 5) is 23.3. The molecule has 0 saturated carbocycles. The van der Waals surface area contributed by atoms with E-state index in [-0.39, 0.29) is 24.0 Å². The van der Waals surface area contributed by atoms with Crippen molar-refractivity contribution in [2.24, 2.45) is 0 Å². The molecular weight excluding hydrogens is 272 g/mol. The molecule has 0 unspecified atom stereocenters. The Balaban J connectivity index is 1.92. The molecule has 0 bridgehead atoms. The number of hydrogen-bond acceptors (Lipinski definition) is 4. The molecule has 0 aliphatic carbocycles. The van der Waals surface area contributed by atoms with E-state index in [1.807, 2.05) is 6.92 Å². The zero-order valence-corrected chi connectivity index (χ0v) is 12.2. The number of ether oxygens (including phenoxy) is 2. The molecule has 0 aromatic heterocycles. The smallest absolute Gasteiger partial charge is 0.319 e. The molecule has 2 rings (SSSR count). The van der Waals surface area contributed by atoms with Crippen molar-refractivity contribution < 1.29 is 19.1 Å². The van der Waals surface area contributed by atoms with Crippen molar-refractivity contribution in [2.75, 3.05) is 25.1 Å². The van der Waals surface area contributed by atoms with Gasteiger partial charge >= 0.3 is 6.03 Å². The third-order valence-corrected chi connectivity index (χ3v) is 3.25. The quantitative estimate of drug-likeness (QED) is 0.812. The molecule has 6 nitrogen and oxygen atoms in total. The number of Topliss-reactive ketones (excluding diaryl/α,β-unsaturated/α-hetero) is 1. The number of nitrogens with one attached hydrogen (secondary N) is 2. The monoisotopic (exact) mass is 292 g/mol. The molecule has 1 heterocycles. The van der Waals surface area contributed by atoms with Crippen molar-refractivity contribution in [2.45, 2.75) is 26.0 Å². The van der Waals surface area contributed by atoms with Crippen molar-refractivity contribution in [1.82, 2.24) is 5.32 Å². The lowest BCUT2D eigenvalue weighted by Gasteiger charge is -2.19. The molecule has 2 atom stereocenters. The first-order valence-corrected chi connectivity index (χ1v) is 6.98. The van der Waals surface area contributed by atoms with Crippen molar-refractivity contribution in [3.63, 3.8) is 0 Å². The predicted octanol–water partition coefficient (Wildman–Crippen LogP) is 1.81. The van der Waals surface area contributed by atoms with Crippen LogP contribution in [-0.4, -0.2) is 43.8 Å². The van der Waals surface area contributed by atoms with Gasteiger partial charge in [0.2, 0.25) is 0 Å². The number of amides is 2. The van der Waals surface area contributed by atoms with E-state index in [1.54, 1.807) is 24.3 Å². The molecule has 6 heteroatoms. The molecule has 1 fully saturated rings. The van der Waals surface area contributed by atoms with Gasteiger partial charge in [0, 0.05) is 17.9 Å². The van der Waals surface area contributed by atoms with Gasteiger partial charge in [-0.1, -0.05) is 12.1 Å². The van der Waals surface area contributed by atoms with Crippen LogP contribution in [0.25, 0.3) is 0 Å². The van der Waals surface area contributed by atoms with E-state index >= 15 is 0 Å². The fourth-order valence-electron chi connectivity index (χ4n) is 2.20. The summed E-state index contributed by atoms with van der Waals surface area (Å²) in [6, 6.07) is 6.32. The van der Waals surface area contributed by atoms with Gasteiger partial charge in [0.15, 0.2) is 5.78 Å². The van der Waals surface area contributed by atoms with Gasteiger partial charge in [-0.25, -0.2) is 4.79 Å². The molecule has 1 aliphatic rings. The average Bonchev–Trinajstić information content (AvgIpc) is 2.86. The SMILES string of the molecule is CCO[C@H]1COC[C@@H]1NC(=O)Nc1cccc(C(C)=O)c1. The van der Waals surface area contributed by atoms with Crippen molar-refractivity contribution in [3.05, 3.63) is 29.8 Å². The van der Waals surface area contributed by atoms with Crippen LogP contribution in [0.3, 0.4) is 0 Å². The Morgan fingerprint density at radius 3 is 2.90 bits per heavy atom. The molecule has 2 N–H and O–H groups in total. The minimum Gasteiger partial charge on any atom is -0.376 e. The van der Waals surface area contributed by atoms with Crippen LogP contribution in [0.15, 0.2) is 24.3 Å². The van der Waals surface area contributed by atoms with E-state index in [2.05, 4.69) is 10.6 Å². The number of hydrogen-bond donors (Lipinski definition) is 2. The van der Waals surface area contributed by atoms with Gasteiger partial charge in [-0.15, -0.1) is 0 Å². The van der Waals surface area contributed by atoms with Crippen LogP contribution >= 0.6 is 0 Å². The third kappa shape index (κ3) is 4.27. The van der Waals surface area contributed by atoms with Crippen LogP contribution in [-0.2, 0) is 9.47 Å². The van der Waals surface area contributed by atoms with E-state index in [4.69, 9.17) is 9.47 Å². The molecule has 1 aromatic rings. The standard InChI is InChI=1S/C15H20N2O4/c1-3-21-14-9-20-8-13(14)17-15(19)16-12-6-4-5-11(7-12)10(2)18/h4-7,13-14H,3,8-9H2,1-2H3,(H2,16,17,19)/t13-,14-/m0/s1. The summed E-state index contributed by atoms with van der Waals surface area (Å²) in [5.74, 6) is -0.0420. The lowest BCUT2D eigenvalue weighted by Crippen LogP contribution is -2.45. The Morgan fingerprint density at radius 2 is 2.19 bits per heavy atom. The molecule has 2 amide bonds. The number of carbonyl (C=O) groups is 2. The maximum absolute atomic E-state index is 12.0. The second-order valence-electron chi connectivity index (χ2n) is 4.87. The number of urea groups is 1. The molecule has 1 saturated heterocycles. The van der Waals surface area contributed by atoms with Crippen molar-refractivity contribution in [1.29, 1.82) is 0 Å². The molecule has 114 valence electrons. The molecule has 21 heavy (non-hydrogen) atoms. The van der Waals surface area contributed by atoms with E-state index in [0.717, 1.165) is 0 Å². The first-order chi connectivity index (χ1) is 10.1. The van der Waals surface area contributed by atoms with Crippen LogP contribution in [0.2, 0.25) is 0 Å². The van der Waals surface area contributed by atoms with E-state index in [1.165, 1.54) is 6.92 Å². The van der Waals surface area contributed by atoms with Crippen LogP contribution in [0, 0.1) is 0 Å². The van der Waals surface area contributed by atoms with Gasteiger partial charge in [0.1, 0.15) is 6.10 Å². The highest BCUT2D eigenvalue weighted by atomic mass is 16.5. The Bertz CT molecular complexity index is 518. The average molecular weight is 292 g/mol. The van der Waals surface area contributed by atoms with Gasteiger partial charge in [0.05, 0.1) is 19.3 Å². The van der Waals surface area contributed by atoms with Crippen LogP contribution in [0.4, 0.5) is 10.5 Å². The van der Waals surface area contributed by atoms with Crippen molar-refractivity contribution in [3.8, 4) is 0 Å². The Morgan fingerprint density at radius 1 is 1.38 bits per heavy atom. The molecule has 1 aliphatic heterocycles. The number of anilines is 1. The Kier molecular flexibility index (Phi) is 5.30. The summed E-state index contributed by atoms with van der Waals surface area (Å²) in [7, 11) is 0. The number of benzene rings is 1. The second kappa shape index (κ2) is 7.19. The van der Waals surface area contributed by atoms with Gasteiger partial charge in [-0.2, -0.15) is 0 Å². The van der Waals surface area contributed by atoms with E-state index < -0.39 is 0 Å². The third-order valence-electron chi connectivity index (χ3n) is 3.25. The van der Waals surface area contributed by atoms with Crippen LogP contribution < -0.4 is 10.6 Å². The zero-order valence-electron chi connectivity index (χ0n) is 12.2. The first-order valence-electron chi connectivity index (χ1n) is 6.98. The topological polar surface area (TPSA) is 76.7 Å². The van der Waals surface area contributed by atoms with Crippen LogP contribution in [0.5, 0.6) is 0 Å². The summed E-state index contributed by atoms with van der Waals surface area (Å²) in [6.07, 6.45) is -0.121. The molecular formula is C15H20N2O4. The lowest BCUT2D eigenvalue weighted by atomic mass is 10.1. The Labute approximate surface area is 123 Å². The highest BCUT2D eigenvalue weighted by Crippen LogP contribution is 2.13. The minimum absolute atomic E-state index is 0.0420. The van der Waals surface area contributed by atoms with Crippen LogP contribution in [0.1, 0.15) is 24.2 Å². The highest BCUT2D eigenvalue weighted by molar-refractivity contribution is 5.96. The zero-order chi connectivity index (χ0) is 15.2.